The van der Waals surface area contributed by atoms with Crippen molar-refractivity contribution < 1.29 is 5.11 Å². The molecule has 5 heteroatoms. The summed E-state index contributed by atoms with van der Waals surface area (Å²) in [7, 11) is 0. The summed E-state index contributed by atoms with van der Waals surface area (Å²) in [5.74, 6) is -0.0216. The maximum absolute atomic E-state index is 9.22. The number of nitrogen functional groups attached to an aromatic ring is 1. The second kappa shape index (κ2) is 4.49. The molecule has 86 valence electrons. The monoisotopic (exact) mass is 220 g/mol. The van der Waals surface area contributed by atoms with Crippen LogP contribution in [-0.4, -0.2) is 35.1 Å². The second-order valence-electron chi connectivity index (χ2n) is 3.99. The van der Waals surface area contributed by atoms with Crippen LogP contribution in [0.2, 0.25) is 0 Å². The Hall–Kier alpha value is -1.62. The first-order valence-electron chi connectivity index (χ1n) is 5.40. The van der Waals surface area contributed by atoms with Gasteiger partial charge in [-0.05, 0) is 25.0 Å². The molecule has 5 nitrogen and oxygen atoms in total. The Balaban J connectivity index is 2.18. The van der Waals surface area contributed by atoms with Gasteiger partial charge in [0, 0.05) is 6.54 Å². The second-order valence-corrected chi connectivity index (χ2v) is 3.99. The molecule has 16 heavy (non-hydrogen) atoms. The van der Waals surface area contributed by atoms with Crippen molar-refractivity contribution >= 4 is 11.5 Å². The standard InChI is InChI=1S/C11H16N4O/c12-11(13)10-4-3-8(6-14-10)15-5-1-2-9(15)7-16/h3-4,6,9,16H,1-2,5,7H2,(H3,12,13). The summed E-state index contributed by atoms with van der Waals surface area (Å²) in [6, 6.07) is 3.84. The lowest BCUT2D eigenvalue weighted by atomic mass is 10.2. The van der Waals surface area contributed by atoms with Gasteiger partial charge in [0.1, 0.15) is 11.5 Å². The van der Waals surface area contributed by atoms with E-state index in [0.29, 0.717) is 5.69 Å². The Morgan fingerprint density at radius 2 is 2.44 bits per heavy atom. The zero-order valence-electron chi connectivity index (χ0n) is 9.06. The van der Waals surface area contributed by atoms with E-state index in [1.54, 1.807) is 12.3 Å². The molecule has 0 amide bonds. The van der Waals surface area contributed by atoms with E-state index in [4.69, 9.17) is 11.1 Å². The molecule has 0 saturated carbocycles. The highest BCUT2D eigenvalue weighted by molar-refractivity contribution is 5.93. The number of hydrogen-bond acceptors (Lipinski definition) is 4. The number of hydrogen-bond donors (Lipinski definition) is 3. The third-order valence-electron chi connectivity index (χ3n) is 2.94. The van der Waals surface area contributed by atoms with Gasteiger partial charge in [0.25, 0.3) is 0 Å². The molecule has 1 unspecified atom stereocenters. The molecule has 4 N–H and O–H groups in total. The summed E-state index contributed by atoms with van der Waals surface area (Å²) in [5, 5.41) is 16.5. The van der Waals surface area contributed by atoms with Gasteiger partial charge in [-0.15, -0.1) is 0 Å². The van der Waals surface area contributed by atoms with Gasteiger partial charge in [0.05, 0.1) is 24.5 Å². The maximum Gasteiger partial charge on any atom is 0.141 e. The van der Waals surface area contributed by atoms with Crippen LogP contribution in [0.4, 0.5) is 5.69 Å². The molecule has 1 atom stereocenters. The van der Waals surface area contributed by atoms with Crippen LogP contribution in [0.5, 0.6) is 0 Å². The van der Waals surface area contributed by atoms with Crippen LogP contribution in [0.15, 0.2) is 18.3 Å². The lowest BCUT2D eigenvalue weighted by molar-refractivity contribution is 0.266. The average Bonchev–Trinajstić information content (AvgIpc) is 2.77. The molecule has 1 saturated heterocycles. The molecule has 2 rings (SSSR count). The van der Waals surface area contributed by atoms with E-state index in [2.05, 4.69) is 9.88 Å². The van der Waals surface area contributed by atoms with Crippen molar-refractivity contribution in [3.63, 3.8) is 0 Å². The third-order valence-corrected chi connectivity index (χ3v) is 2.94. The van der Waals surface area contributed by atoms with Crippen molar-refractivity contribution in [1.82, 2.24) is 4.98 Å². The van der Waals surface area contributed by atoms with Gasteiger partial charge in [-0.25, -0.2) is 0 Å². The van der Waals surface area contributed by atoms with Gasteiger partial charge in [0.15, 0.2) is 0 Å². The molecule has 0 aromatic carbocycles. The van der Waals surface area contributed by atoms with Crippen LogP contribution in [0.25, 0.3) is 0 Å². The SMILES string of the molecule is N=C(N)c1ccc(N2CCCC2CO)cn1. The van der Waals surface area contributed by atoms with E-state index in [0.717, 1.165) is 25.1 Å². The summed E-state index contributed by atoms with van der Waals surface area (Å²) in [6.07, 6.45) is 3.83. The Morgan fingerprint density at radius 3 is 3.00 bits per heavy atom. The smallest absolute Gasteiger partial charge is 0.141 e. The van der Waals surface area contributed by atoms with Crippen molar-refractivity contribution in [2.45, 2.75) is 18.9 Å². The molecule has 2 heterocycles. The number of aliphatic hydroxyl groups is 1. The van der Waals surface area contributed by atoms with E-state index in [1.807, 2.05) is 6.07 Å². The van der Waals surface area contributed by atoms with Crippen molar-refractivity contribution in [1.29, 1.82) is 5.41 Å². The number of nitrogens with two attached hydrogens (primary N) is 1. The third kappa shape index (κ3) is 1.99. The van der Waals surface area contributed by atoms with Crippen LogP contribution in [-0.2, 0) is 0 Å². The van der Waals surface area contributed by atoms with Crippen molar-refractivity contribution in [2.24, 2.45) is 5.73 Å². The van der Waals surface area contributed by atoms with Crippen LogP contribution in [0.1, 0.15) is 18.5 Å². The van der Waals surface area contributed by atoms with Crippen LogP contribution in [0, 0.1) is 5.41 Å². The van der Waals surface area contributed by atoms with Crippen LogP contribution in [0.3, 0.4) is 0 Å². The minimum atomic E-state index is -0.0216. The fraction of sp³-hybridized carbons (Fsp3) is 0.455. The molecular weight excluding hydrogens is 204 g/mol. The predicted octanol–water partition coefficient (Wildman–Crippen LogP) is 0.327. The maximum atomic E-state index is 9.22. The first-order valence-corrected chi connectivity index (χ1v) is 5.40. The molecule has 0 aliphatic carbocycles. The molecule has 0 radical (unpaired) electrons. The molecule has 1 aliphatic rings. The number of aliphatic hydroxyl groups excluding tert-OH is 1. The molecule has 0 spiro atoms. The van der Waals surface area contributed by atoms with E-state index < -0.39 is 0 Å². The molecule has 0 bridgehead atoms. The van der Waals surface area contributed by atoms with E-state index in [1.165, 1.54) is 0 Å². The summed E-state index contributed by atoms with van der Waals surface area (Å²) < 4.78 is 0. The summed E-state index contributed by atoms with van der Waals surface area (Å²) in [5.41, 5.74) is 6.81. The zero-order valence-corrected chi connectivity index (χ0v) is 9.06. The minimum absolute atomic E-state index is 0.0216. The van der Waals surface area contributed by atoms with Crippen molar-refractivity contribution in [3.8, 4) is 0 Å². The largest absolute Gasteiger partial charge is 0.394 e. The van der Waals surface area contributed by atoms with Gasteiger partial charge in [0.2, 0.25) is 0 Å². The van der Waals surface area contributed by atoms with Crippen molar-refractivity contribution in [2.75, 3.05) is 18.1 Å². The number of amidine groups is 1. The fourth-order valence-corrected chi connectivity index (χ4v) is 2.08. The Bertz CT molecular complexity index is 376. The number of rotatable bonds is 3. The van der Waals surface area contributed by atoms with Crippen LogP contribution >= 0.6 is 0 Å². The van der Waals surface area contributed by atoms with Gasteiger partial charge in [-0.1, -0.05) is 0 Å². The molecular formula is C11H16N4O. The van der Waals surface area contributed by atoms with Crippen molar-refractivity contribution in [3.05, 3.63) is 24.0 Å². The highest BCUT2D eigenvalue weighted by Gasteiger charge is 2.23. The zero-order chi connectivity index (χ0) is 11.5. The number of nitrogens with one attached hydrogen (secondary N) is 1. The Kier molecular flexibility index (Phi) is 3.05. The lowest BCUT2D eigenvalue weighted by Crippen LogP contribution is -2.32. The molecule has 1 fully saturated rings. The van der Waals surface area contributed by atoms with Gasteiger partial charge >= 0.3 is 0 Å². The van der Waals surface area contributed by atoms with Gasteiger partial charge in [-0.2, -0.15) is 0 Å². The van der Waals surface area contributed by atoms with E-state index in [9.17, 15) is 5.11 Å². The number of pyridine rings is 1. The summed E-state index contributed by atoms with van der Waals surface area (Å²) in [6.45, 7) is 1.13. The first-order chi connectivity index (χ1) is 7.72. The minimum Gasteiger partial charge on any atom is -0.394 e. The molecule has 1 aromatic heterocycles. The topological polar surface area (TPSA) is 86.2 Å². The predicted molar refractivity (Wildman–Crippen MR) is 62.7 cm³/mol. The summed E-state index contributed by atoms with van der Waals surface area (Å²) >= 11 is 0. The number of nitrogens with zero attached hydrogens (tertiary/aromatic N) is 2. The Morgan fingerprint density at radius 1 is 1.62 bits per heavy atom. The van der Waals surface area contributed by atoms with Crippen LogP contribution < -0.4 is 10.6 Å². The van der Waals surface area contributed by atoms with Gasteiger partial charge in [-0.3, -0.25) is 10.4 Å². The number of aromatic nitrogens is 1. The summed E-state index contributed by atoms with van der Waals surface area (Å²) in [4.78, 5) is 6.27. The molecule has 1 aromatic rings. The highest BCUT2D eigenvalue weighted by atomic mass is 16.3. The molecule has 1 aliphatic heterocycles. The van der Waals surface area contributed by atoms with E-state index >= 15 is 0 Å². The van der Waals surface area contributed by atoms with E-state index in [-0.39, 0.29) is 18.5 Å². The highest BCUT2D eigenvalue weighted by Crippen LogP contribution is 2.24. The fourth-order valence-electron chi connectivity index (χ4n) is 2.08. The first kappa shape index (κ1) is 10.9. The Labute approximate surface area is 94.4 Å². The average molecular weight is 220 g/mol. The normalized spacial score (nSPS) is 20.1. The number of anilines is 1. The quantitative estimate of drug-likeness (QED) is 0.506. The van der Waals surface area contributed by atoms with Gasteiger partial charge < -0.3 is 15.7 Å². The lowest BCUT2D eigenvalue weighted by Gasteiger charge is -2.24.